The van der Waals surface area contributed by atoms with Crippen molar-refractivity contribution in [2.45, 2.75) is 19.4 Å². The number of alkyl carbamates (subject to hydrolysis) is 1. The summed E-state index contributed by atoms with van der Waals surface area (Å²) in [5.74, 6) is 0. The van der Waals surface area contributed by atoms with E-state index in [0.29, 0.717) is 11.0 Å². The standard InChI is InChI=1S/C11H16BNO4/c1-11(2,13-10(14)17-3)8-6-4-5-7-9(8)12(15)16/h4-7,15-16H,1-3H3,(H,13,14). The molecule has 6 heteroatoms. The molecule has 0 fully saturated rings. The van der Waals surface area contributed by atoms with Gasteiger partial charge < -0.3 is 20.1 Å². The predicted molar refractivity (Wildman–Crippen MR) is 64.8 cm³/mol. The Morgan fingerprint density at radius 2 is 1.94 bits per heavy atom. The number of rotatable bonds is 3. The molecular formula is C11H16BNO4. The minimum absolute atomic E-state index is 0.355. The second kappa shape index (κ2) is 5.20. The van der Waals surface area contributed by atoms with E-state index in [1.807, 2.05) is 0 Å². The van der Waals surface area contributed by atoms with Crippen molar-refractivity contribution in [3.8, 4) is 0 Å². The maximum atomic E-state index is 11.2. The number of hydrogen-bond donors (Lipinski definition) is 3. The van der Waals surface area contributed by atoms with Crippen molar-refractivity contribution < 1.29 is 19.6 Å². The van der Waals surface area contributed by atoms with Crippen LogP contribution in [-0.2, 0) is 10.3 Å². The SMILES string of the molecule is COC(=O)NC(C)(C)c1ccccc1B(O)O. The lowest BCUT2D eigenvalue weighted by molar-refractivity contribution is 0.159. The molecule has 92 valence electrons. The molecule has 3 N–H and O–H groups in total. The van der Waals surface area contributed by atoms with E-state index in [-0.39, 0.29) is 0 Å². The summed E-state index contributed by atoms with van der Waals surface area (Å²) in [6.45, 7) is 3.51. The van der Waals surface area contributed by atoms with Crippen LogP contribution in [0.4, 0.5) is 4.79 Å². The van der Waals surface area contributed by atoms with Crippen LogP contribution in [0.5, 0.6) is 0 Å². The Bertz CT molecular complexity index is 406. The molecule has 0 aliphatic carbocycles. The zero-order chi connectivity index (χ0) is 13.1. The topological polar surface area (TPSA) is 78.8 Å². The summed E-state index contributed by atoms with van der Waals surface area (Å²) in [5, 5.41) is 21.2. The van der Waals surface area contributed by atoms with Crippen LogP contribution in [-0.4, -0.2) is 30.4 Å². The minimum Gasteiger partial charge on any atom is -0.453 e. The van der Waals surface area contributed by atoms with Crippen molar-refractivity contribution in [3.05, 3.63) is 29.8 Å². The second-order valence-corrected chi connectivity index (χ2v) is 4.20. The summed E-state index contributed by atoms with van der Waals surface area (Å²) in [6, 6.07) is 6.79. The molecule has 0 saturated heterocycles. The first-order valence-corrected chi connectivity index (χ1v) is 5.20. The normalized spacial score (nSPS) is 10.9. The van der Waals surface area contributed by atoms with Gasteiger partial charge in [0, 0.05) is 0 Å². The van der Waals surface area contributed by atoms with Crippen LogP contribution in [0.2, 0.25) is 0 Å². The van der Waals surface area contributed by atoms with E-state index in [9.17, 15) is 14.8 Å². The van der Waals surface area contributed by atoms with Crippen molar-refractivity contribution in [3.63, 3.8) is 0 Å². The lowest BCUT2D eigenvalue weighted by atomic mass is 9.72. The summed E-state index contributed by atoms with van der Waals surface area (Å²) in [5.41, 5.74) is 0.224. The van der Waals surface area contributed by atoms with Crippen LogP contribution in [0.1, 0.15) is 19.4 Å². The van der Waals surface area contributed by atoms with Gasteiger partial charge in [-0.1, -0.05) is 24.3 Å². The Balaban J connectivity index is 3.09. The number of hydrogen-bond acceptors (Lipinski definition) is 4. The van der Waals surface area contributed by atoms with Crippen LogP contribution >= 0.6 is 0 Å². The molecule has 1 aromatic rings. The molecule has 0 aromatic heterocycles. The Kier molecular flexibility index (Phi) is 4.14. The average molecular weight is 237 g/mol. The molecule has 0 saturated carbocycles. The van der Waals surface area contributed by atoms with E-state index >= 15 is 0 Å². The van der Waals surface area contributed by atoms with Gasteiger partial charge in [0.1, 0.15) is 0 Å². The Hall–Kier alpha value is -1.53. The molecular weight excluding hydrogens is 221 g/mol. The van der Waals surface area contributed by atoms with E-state index in [4.69, 9.17) is 0 Å². The van der Waals surface area contributed by atoms with Gasteiger partial charge >= 0.3 is 13.2 Å². The third-order valence-electron chi connectivity index (χ3n) is 2.51. The molecule has 0 spiro atoms. The molecule has 1 aromatic carbocycles. The van der Waals surface area contributed by atoms with E-state index < -0.39 is 18.8 Å². The van der Waals surface area contributed by atoms with Gasteiger partial charge in [0.05, 0.1) is 12.6 Å². The maximum Gasteiger partial charge on any atom is 0.488 e. The van der Waals surface area contributed by atoms with Gasteiger partial charge in [-0.15, -0.1) is 0 Å². The van der Waals surface area contributed by atoms with E-state index in [2.05, 4.69) is 10.1 Å². The monoisotopic (exact) mass is 237 g/mol. The minimum atomic E-state index is -1.58. The van der Waals surface area contributed by atoms with Gasteiger partial charge in [0.25, 0.3) is 0 Å². The summed E-state index contributed by atoms with van der Waals surface area (Å²) in [4.78, 5) is 11.2. The van der Waals surface area contributed by atoms with Crippen molar-refractivity contribution in [2.75, 3.05) is 7.11 Å². The lowest BCUT2D eigenvalue weighted by Crippen LogP contribution is -2.47. The lowest BCUT2D eigenvalue weighted by Gasteiger charge is -2.28. The maximum absolute atomic E-state index is 11.2. The van der Waals surface area contributed by atoms with Crippen LogP contribution < -0.4 is 10.8 Å². The first kappa shape index (κ1) is 13.5. The van der Waals surface area contributed by atoms with Crippen LogP contribution in [0, 0.1) is 0 Å². The Morgan fingerprint density at radius 1 is 1.35 bits per heavy atom. The molecule has 0 unspecified atom stereocenters. The first-order valence-electron chi connectivity index (χ1n) is 5.20. The van der Waals surface area contributed by atoms with Crippen molar-refractivity contribution in [2.24, 2.45) is 0 Å². The first-order chi connectivity index (χ1) is 7.88. The van der Waals surface area contributed by atoms with Crippen LogP contribution in [0.25, 0.3) is 0 Å². The predicted octanol–water partition coefficient (Wildman–Crippen LogP) is -0.0425. The molecule has 0 heterocycles. The molecule has 0 aliphatic heterocycles. The highest BCUT2D eigenvalue weighted by atomic mass is 16.5. The van der Waals surface area contributed by atoms with Crippen molar-refractivity contribution in [1.82, 2.24) is 5.32 Å². The number of carbonyl (C=O) groups excluding carboxylic acids is 1. The molecule has 0 aliphatic rings. The average Bonchev–Trinajstić information content (AvgIpc) is 2.28. The summed E-state index contributed by atoms with van der Waals surface area (Å²) >= 11 is 0. The highest BCUT2D eigenvalue weighted by Crippen LogP contribution is 2.18. The van der Waals surface area contributed by atoms with E-state index in [0.717, 1.165) is 0 Å². The molecule has 17 heavy (non-hydrogen) atoms. The molecule has 5 nitrogen and oxygen atoms in total. The number of amides is 1. The Labute approximate surface area is 101 Å². The number of nitrogens with one attached hydrogen (secondary N) is 1. The highest BCUT2D eigenvalue weighted by molar-refractivity contribution is 6.59. The van der Waals surface area contributed by atoms with Gasteiger partial charge in [0.2, 0.25) is 0 Å². The zero-order valence-corrected chi connectivity index (χ0v) is 10.1. The zero-order valence-electron chi connectivity index (χ0n) is 10.1. The third-order valence-corrected chi connectivity index (χ3v) is 2.51. The summed E-state index contributed by atoms with van der Waals surface area (Å²) in [6.07, 6.45) is -0.572. The van der Waals surface area contributed by atoms with Gasteiger partial charge in [-0.3, -0.25) is 0 Å². The van der Waals surface area contributed by atoms with Gasteiger partial charge in [-0.25, -0.2) is 4.79 Å². The van der Waals surface area contributed by atoms with Gasteiger partial charge in [0.15, 0.2) is 0 Å². The Morgan fingerprint density at radius 3 is 2.47 bits per heavy atom. The highest BCUT2D eigenvalue weighted by Gasteiger charge is 2.29. The number of carbonyl (C=O) groups is 1. The van der Waals surface area contributed by atoms with Crippen LogP contribution in [0.3, 0.4) is 0 Å². The third kappa shape index (κ3) is 3.21. The van der Waals surface area contributed by atoms with Crippen molar-refractivity contribution >= 4 is 18.7 Å². The fourth-order valence-electron chi connectivity index (χ4n) is 1.66. The van der Waals surface area contributed by atoms with E-state index in [1.165, 1.54) is 7.11 Å². The molecule has 0 bridgehead atoms. The quantitative estimate of drug-likeness (QED) is 0.644. The van der Waals surface area contributed by atoms with E-state index in [1.54, 1.807) is 38.1 Å². The summed E-state index contributed by atoms with van der Waals surface area (Å²) < 4.78 is 4.53. The smallest absolute Gasteiger partial charge is 0.453 e. The second-order valence-electron chi connectivity index (χ2n) is 4.20. The molecule has 0 atom stereocenters. The van der Waals surface area contributed by atoms with Gasteiger partial charge in [-0.05, 0) is 24.9 Å². The van der Waals surface area contributed by atoms with Crippen LogP contribution in [0.15, 0.2) is 24.3 Å². The van der Waals surface area contributed by atoms with Gasteiger partial charge in [-0.2, -0.15) is 0 Å². The van der Waals surface area contributed by atoms with Crippen molar-refractivity contribution in [1.29, 1.82) is 0 Å². The number of methoxy groups -OCH3 is 1. The molecule has 1 amide bonds. The largest absolute Gasteiger partial charge is 0.488 e. The fourth-order valence-corrected chi connectivity index (χ4v) is 1.66. The number of ether oxygens (including phenoxy) is 1. The summed E-state index contributed by atoms with van der Waals surface area (Å²) in [7, 11) is -0.303. The molecule has 1 rings (SSSR count). The fraction of sp³-hybridized carbons (Fsp3) is 0.364. The number of benzene rings is 1. The molecule has 0 radical (unpaired) electrons.